The molecule has 0 radical (unpaired) electrons. The highest BCUT2D eigenvalue weighted by atomic mass is 16.5. The average Bonchev–Trinajstić information content (AvgIpc) is 2.27. The van der Waals surface area contributed by atoms with Gasteiger partial charge in [-0.3, -0.25) is 4.79 Å². The zero-order valence-corrected chi connectivity index (χ0v) is 9.74. The highest BCUT2D eigenvalue weighted by molar-refractivity contribution is 5.78. The minimum atomic E-state index is 0.116. The topological polar surface area (TPSA) is 29.5 Å². The van der Waals surface area contributed by atoms with Crippen molar-refractivity contribution in [3.05, 3.63) is 0 Å². The van der Waals surface area contributed by atoms with Crippen molar-refractivity contribution in [1.29, 1.82) is 0 Å². The smallest absolute Gasteiger partial charge is 0.225 e. The van der Waals surface area contributed by atoms with E-state index in [1.165, 1.54) is 12.8 Å². The van der Waals surface area contributed by atoms with Crippen molar-refractivity contribution in [2.75, 3.05) is 13.2 Å². The summed E-state index contributed by atoms with van der Waals surface area (Å²) in [5.41, 5.74) is 0. The molecule has 0 aromatic rings. The molecule has 0 aromatic heterocycles. The van der Waals surface area contributed by atoms with Gasteiger partial charge in [-0.15, -0.1) is 0 Å². The van der Waals surface area contributed by atoms with Crippen LogP contribution >= 0.6 is 0 Å². The van der Waals surface area contributed by atoms with E-state index in [1.807, 2.05) is 13.8 Å². The summed E-state index contributed by atoms with van der Waals surface area (Å²) in [6.45, 7) is 5.48. The van der Waals surface area contributed by atoms with E-state index >= 15 is 0 Å². The largest absolute Gasteiger partial charge is 0.374 e. The van der Waals surface area contributed by atoms with Crippen LogP contribution in [0.5, 0.6) is 0 Å². The van der Waals surface area contributed by atoms with Crippen LogP contribution in [0.25, 0.3) is 0 Å². The molecular formula is C12H21NO2. The van der Waals surface area contributed by atoms with Crippen molar-refractivity contribution in [3.8, 4) is 0 Å². The number of ether oxygens (including phenoxy) is 1. The first-order chi connectivity index (χ1) is 7.20. The monoisotopic (exact) mass is 211 g/mol. The molecule has 0 spiro atoms. The van der Waals surface area contributed by atoms with Crippen LogP contribution in [0.3, 0.4) is 0 Å². The number of morpholine rings is 1. The minimum Gasteiger partial charge on any atom is -0.374 e. The van der Waals surface area contributed by atoms with Crippen molar-refractivity contribution in [2.45, 2.75) is 51.7 Å². The SMILES string of the molecule is CC(C)C(=O)N1CCO[C@H]2CCCC[C@@H]21. The molecule has 86 valence electrons. The van der Waals surface area contributed by atoms with Gasteiger partial charge in [0.2, 0.25) is 5.91 Å². The van der Waals surface area contributed by atoms with E-state index in [1.54, 1.807) is 0 Å². The Morgan fingerprint density at radius 2 is 2.07 bits per heavy atom. The molecule has 2 atom stereocenters. The summed E-state index contributed by atoms with van der Waals surface area (Å²) in [6.07, 6.45) is 5.07. The van der Waals surface area contributed by atoms with Gasteiger partial charge in [-0.05, 0) is 12.8 Å². The Balaban J connectivity index is 2.06. The first-order valence-electron chi connectivity index (χ1n) is 6.12. The molecular weight excluding hydrogens is 190 g/mol. The fourth-order valence-electron chi connectivity index (χ4n) is 2.70. The van der Waals surface area contributed by atoms with Gasteiger partial charge in [0.25, 0.3) is 0 Å². The van der Waals surface area contributed by atoms with Crippen LogP contribution in [-0.4, -0.2) is 36.1 Å². The van der Waals surface area contributed by atoms with Crippen LogP contribution in [0, 0.1) is 5.92 Å². The molecule has 15 heavy (non-hydrogen) atoms. The van der Waals surface area contributed by atoms with Gasteiger partial charge >= 0.3 is 0 Å². The van der Waals surface area contributed by atoms with Gasteiger partial charge in [-0.2, -0.15) is 0 Å². The van der Waals surface area contributed by atoms with E-state index in [0.29, 0.717) is 18.1 Å². The summed E-state index contributed by atoms with van der Waals surface area (Å²) >= 11 is 0. The number of fused-ring (bicyclic) bond motifs is 1. The highest BCUT2D eigenvalue weighted by Crippen LogP contribution is 2.29. The van der Waals surface area contributed by atoms with Crippen LogP contribution in [0.2, 0.25) is 0 Å². The molecule has 3 nitrogen and oxygen atoms in total. The molecule has 1 saturated carbocycles. The molecule has 0 unspecified atom stereocenters. The molecule has 0 bridgehead atoms. The number of carbonyl (C=O) groups is 1. The molecule has 0 aromatic carbocycles. The van der Waals surface area contributed by atoms with Crippen LogP contribution in [0.4, 0.5) is 0 Å². The Kier molecular flexibility index (Phi) is 3.29. The molecule has 2 rings (SSSR count). The molecule has 2 fully saturated rings. The molecule has 3 heteroatoms. The maximum Gasteiger partial charge on any atom is 0.225 e. The Bertz CT molecular complexity index is 238. The Labute approximate surface area is 91.8 Å². The molecule has 2 aliphatic rings. The van der Waals surface area contributed by atoms with Crippen molar-refractivity contribution in [2.24, 2.45) is 5.92 Å². The fourth-order valence-corrected chi connectivity index (χ4v) is 2.70. The predicted octanol–water partition coefficient (Wildman–Crippen LogP) is 1.81. The third kappa shape index (κ3) is 2.17. The van der Waals surface area contributed by atoms with Gasteiger partial charge < -0.3 is 9.64 Å². The van der Waals surface area contributed by atoms with Crippen molar-refractivity contribution < 1.29 is 9.53 Å². The number of rotatable bonds is 1. The first kappa shape index (κ1) is 10.9. The van der Waals surface area contributed by atoms with Gasteiger partial charge in [0.1, 0.15) is 0 Å². The molecule has 0 N–H and O–H groups in total. The van der Waals surface area contributed by atoms with Crippen LogP contribution in [0.15, 0.2) is 0 Å². The Hall–Kier alpha value is -0.570. The van der Waals surface area contributed by atoms with Crippen molar-refractivity contribution >= 4 is 5.91 Å². The number of amides is 1. The maximum atomic E-state index is 12.0. The second kappa shape index (κ2) is 4.52. The van der Waals surface area contributed by atoms with Gasteiger partial charge in [0.15, 0.2) is 0 Å². The summed E-state index contributed by atoms with van der Waals surface area (Å²) in [5.74, 6) is 0.417. The van der Waals surface area contributed by atoms with Crippen LogP contribution in [-0.2, 0) is 9.53 Å². The lowest BCUT2D eigenvalue weighted by atomic mass is 9.89. The first-order valence-corrected chi connectivity index (χ1v) is 6.12. The lowest BCUT2D eigenvalue weighted by molar-refractivity contribution is -0.152. The Morgan fingerprint density at radius 3 is 2.80 bits per heavy atom. The number of nitrogens with zero attached hydrogens (tertiary/aromatic N) is 1. The predicted molar refractivity (Wildman–Crippen MR) is 58.5 cm³/mol. The molecule has 1 saturated heterocycles. The second-order valence-electron chi connectivity index (χ2n) is 4.95. The van der Waals surface area contributed by atoms with E-state index in [9.17, 15) is 4.79 Å². The molecule has 1 heterocycles. The number of hydrogen-bond acceptors (Lipinski definition) is 2. The second-order valence-corrected chi connectivity index (χ2v) is 4.95. The highest BCUT2D eigenvalue weighted by Gasteiger charge is 2.36. The minimum absolute atomic E-state index is 0.116. The van der Waals surface area contributed by atoms with Gasteiger partial charge in [0, 0.05) is 12.5 Å². The summed E-state index contributed by atoms with van der Waals surface area (Å²) in [6, 6.07) is 0.363. The van der Waals surface area contributed by atoms with Crippen molar-refractivity contribution in [1.82, 2.24) is 4.90 Å². The number of hydrogen-bond donors (Lipinski definition) is 0. The summed E-state index contributed by atoms with van der Waals surface area (Å²) in [7, 11) is 0. The van der Waals surface area contributed by atoms with E-state index < -0.39 is 0 Å². The summed E-state index contributed by atoms with van der Waals surface area (Å²) < 4.78 is 5.75. The zero-order valence-electron chi connectivity index (χ0n) is 9.74. The molecule has 1 aliphatic heterocycles. The quantitative estimate of drug-likeness (QED) is 0.662. The van der Waals surface area contributed by atoms with Crippen LogP contribution < -0.4 is 0 Å². The third-order valence-electron chi connectivity index (χ3n) is 3.51. The third-order valence-corrected chi connectivity index (χ3v) is 3.51. The lowest BCUT2D eigenvalue weighted by Gasteiger charge is -2.44. The van der Waals surface area contributed by atoms with E-state index in [0.717, 1.165) is 26.0 Å². The van der Waals surface area contributed by atoms with Gasteiger partial charge in [0.05, 0.1) is 18.8 Å². The van der Waals surface area contributed by atoms with Crippen LogP contribution in [0.1, 0.15) is 39.5 Å². The Morgan fingerprint density at radius 1 is 1.33 bits per heavy atom. The lowest BCUT2D eigenvalue weighted by Crippen LogP contribution is -2.55. The van der Waals surface area contributed by atoms with E-state index in [-0.39, 0.29) is 5.92 Å². The van der Waals surface area contributed by atoms with E-state index in [2.05, 4.69) is 4.90 Å². The molecule has 1 amide bonds. The van der Waals surface area contributed by atoms with Gasteiger partial charge in [-0.1, -0.05) is 26.7 Å². The summed E-state index contributed by atoms with van der Waals surface area (Å²) in [4.78, 5) is 14.1. The number of carbonyl (C=O) groups excluding carboxylic acids is 1. The van der Waals surface area contributed by atoms with Gasteiger partial charge in [-0.25, -0.2) is 0 Å². The fraction of sp³-hybridized carbons (Fsp3) is 0.917. The normalized spacial score (nSPS) is 31.5. The standard InChI is InChI=1S/C12H21NO2/c1-9(2)12(14)13-7-8-15-11-6-4-3-5-10(11)13/h9-11H,3-8H2,1-2H3/t10-,11-/m0/s1. The molecule has 1 aliphatic carbocycles. The summed E-state index contributed by atoms with van der Waals surface area (Å²) in [5, 5.41) is 0. The maximum absolute atomic E-state index is 12.0. The van der Waals surface area contributed by atoms with E-state index in [4.69, 9.17) is 4.74 Å². The van der Waals surface area contributed by atoms with Crippen molar-refractivity contribution in [3.63, 3.8) is 0 Å². The average molecular weight is 211 g/mol. The zero-order chi connectivity index (χ0) is 10.8.